The Balaban J connectivity index is 1.70. The average Bonchev–Trinajstić information content (AvgIpc) is 2.96. The predicted octanol–water partition coefficient (Wildman–Crippen LogP) is 3.67. The number of aryl methyl sites for hydroxylation is 2. The number of urea groups is 1. The number of nitrogens with one attached hydrogen (secondary N) is 2. The number of hydrogen-bond donors (Lipinski definition) is 2. The molecule has 3 amide bonds. The predicted molar refractivity (Wildman–Crippen MR) is 113 cm³/mol. The molecule has 0 aliphatic carbocycles. The first-order valence-corrected chi connectivity index (χ1v) is 10.6. The van der Waals surface area contributed by atoms with Crippen molar-refractivity contribution >= 4 is 50.9 Å². The number of imide groups is 1. The van der Waals surface area contributed by atoms with E-state index in [-0.39, 0.29) is 17.0 Å². The summed E-state index contributed by atoms with van der Waals surface area (Å²) in [7, 11) is 0. The summed E-state index contributed by atoms with van der Waals surface area (Å²) in [6, 6.07) is 4.82. The van der Waals surface area contributed by atoms with Crippen LogP contribution in [0.25, 0.3) is 10.2 Å². The second-order valence-corrected chi connectivity index (χ2v) is 8.32. The van der Waals surface area contributed by atoms with E-state index in [4.69, 9.17) is 0 Å². The normalized spacial score (nSPS) is 10.9. The second-order valence-electron chi connectivity index (χ2n) is 6.18. The summed E-state index contributed by atoms with van der Waals surface area (Å²) in [5, 5.41) is 5.44. The highest BCUT2D eigenvalue weighted by Gasteiger charge is 2.17. The van der Waals surface area contributed by atoms with Gasteiger partial charge in [0.2, 0.25) is 5.91 Å². The number of para-hydroxylation sites is 1. The first-order valence-electron chi connectivity index (χ1n) is 8.80. The number of hydrogen-bond acceptors (Lipinski definition) is 6. The maximum atomic E-state index is 13.6. The first kappa shape index (κ1) is 21.0. The number of carbonyl (C=O) groups is 2. The highest BCUT2D eigenvalue weighted by Crippen LogP contribution is 2.28. The minimum Gasteiger partial charge on any atom is -0.305 e. The molecule has 0 bridgehead atoms. The molecule has 0 aliphatic rings. The van der Waals surface area contributed by atoms with Crippen LogP contribution in [0.4, 0.5) is 14.9 Å². The number of benzene rings is 1. The lowest BCUT2D eigenvalue weighted by molar-refractivity contribution is -0.117. The fourth-order valence-corrected chi connectivity index (χ4v) is 4.64. The maximum absolute atomic E-state index is 13.6. The van der Waals surface area contributed by atoms with Gasteiger partial charge >= 0.3 is 6.03 Å². The van der Waals surface area contributed by atoms with Gasteiger partial charge in [-0.05, 0) is 38.5 Å². The Labute approximate surface area is 174 Å². The lowest BCUT2D eigenvalue weighted by Gasteiger charge is -2.10. The molecule has 1 aromatic carbocycles. The zero-order valence-corrected chi connectivity index (χ0v) is 17.7. The fraction of sp³-hybridized carbons (Fsp3) is 0.263. The standard InChI is InChI=1S/C19H19FN4O3S2/c1-4-24-17(26)15-10(2)11(3)29-16(15)23-19(24)28-9-14(25)22-18(27)21-13-8-6-5-7-12(13)20/h5-8H,4,9H2,1-3H3,(H2,21,22,25,27). The fourth-order valence-electron chi connectivity index (χ4n) is 2.71. The Morgan fingerprint density at radius 1 is 1.28 bits per heavy atom. The van der Waals surface area contributed by atoms with E-state index in [0.29, 0.717) is 21.9 Å². The SMILES string of the molecule is CCn1c(SCC(=O)NC(=O)Nc2ccccc2F)nc2sc(C)c(C)c2c1=O. The largest absolute Gasteiger partial charge is 0.325 e. The Morgan fingerprint density at radius 2 is 2.00 bits per heavy atom. The molecule has 10 heteroatoms. The van der Waals surface area contributed by atoms with Crippen LogP contribution in [-0.4, -0.2) is 27.2 Å². The van der Waals surface area contributed by atoms with Gasteiger partial charge in [0.1, 0.15) is 10.6 Å². The number of thiophene rings is 1. The molecule has 0 radical (unpaired) electrons. The summed E-state index contributed by atoms with van der Waals surface area (Å²) in [5.41, 5.74) is 0.754. The molecular weight excluding hydrogens is 415 g/mol. The van der Waals surface area contributed by atoms with Gasteiger partial charge in [-0.25, -0.2) is 14.2 Å². The van der Waals surface area contributed by atoms with Crippen molar-refractivity contribution in [1.82, 2.24) is 14.9 Å². The summed E-state index contributed by atoms with van der Waals surface area (Å²) in [6.07, 6.45) is 0. The van der Waals surface area contributed by atoms with Crippen molar-refractivity contribution < 1.29 is 14.0 Å². The Bertz CT molecular complexity index is 1160. The Kier molecular flexibility index (Phi) is 6.33. The van der Waals surface area contributed by atoms with E-state index in [2.05, 4.69) is 15.6 Å². The average molecular weight is 435 g/mol. The van der Waals surface area contributed by atoms with Crippen molar-refractivity contribution in [3.8, 4) is 0 Å². The Hall–Kier alpha value is -2.72. The molecule has 0 spiro atoms. The second kappa shape index (κ2) is 8.75. The summed E-state index contributed by atoms with van der Waals surface area (Å²) >= 11 is 2.50. The zero-order chi connectivity index (χ0) is 21.1. The molecule has 0 atom stereocenters. The molecule has 0 fully saturated rings. The van der Waals surface area contributed by atoms with Crippen LogP contribution >= 0.6 is 23.1 Å². The van der Waals surface area contributed by atoms with Crippen LogP contribution in [0.1, 0.15) is 17.4 Å². The van der Waals surface area contributed by atoms with Crippen molar-refractivity contribution in [3.63, 3.8) is 0 Å². The molecule has 0 saturated carbocycles. The van der Waals surface area contributed by atoms with Crippen molar-refractivity contribution in [2.45, 2.75) is 32.5 Å². The summed E-state index contributed by atoms with van der Waals surface area (Å²) < 4.78 is 15.1. The molecule has 0 aliphatic heterocycles. The van der Waals surface area contributed by atoms with Crippen LogP contribution in [0.3, 0.4) is 0 Å². The minimum atomic E-state index is -0.832. The lowest BCUT2D eigenvalue weighted by Crippen LogP contribution is -2.36. The van der Waals surface area contributed by atoms with E-state index in [1.54, 1.807) is 6.07 Å². The number of anilines is 1. The molecule has 3 aromatic rings. The molecule has 2 aromatic heterocycles. The van der Waals surface area contributed by atoms with Crippen molar-refractivity contribution in [2.24, 2.45) is 0 Å². The number of amides is 3. The number of aromatic nitrogens is 2. The van der Waals surface area contributed by atoms with Gasteiger partial charge in [-0.15, -0.1) is 11.3 Å². The summed E-state index contributed by atoms with van der Waals surface area (Å²) in [4.78, 5) is 43.0. The van der Waals surface area contributed by atoms with Crippen LogP contribution in [0, 0.1) is 19.7 Å². The smallest absolute Gasteiger partial charge is 0.305 e. The molecule has 29 heavy (non-hydrogen) atoms. The van der Waals surface area contributed by atoms with Gasteiger partial charge in [-0.1, -0.05) is 23.9 Å². The van der Waals surface area contributed by atoms with E-state index in [1.807, 2.05) is 20.8 Å². The molecule has 152 valence electrons. The van der Waals surface area contributed by atoms with Gasteiger partial charge in [0.25, 0.3) is 5.56 Å². The number of halogens is 1. The van der Waals surface area contributed by atoms with Gasteiger partial charge in [0.15, 0.2) is 5.16 Å². The van der Waals surface area contributed by atoms with Gasteiger partial charge in [-0.2, -0.15) is 0 Å². The van der Waals surface area contributed by atoms with Gasteiger partial charge in [-0.3, -0.25) is 19.5 Å². The molecule has 7 nitrogen and oxygen atoms in total. The minimum absolute atomic E-state index is 0.0270. The van der Waals surface area contributed by atoms with Crippen LogP contribution in [0.15, 0.2) is 34.2 Å². The number of rotatable bonds is 5. The molecule has 0 unspecified atom stereocenters. The monoisotopic (exact) mass is 434 g/mol. The number of fused-ring (bicyclic) bond motifs is 1. The number of thioether (sulfide) groups is 1. The third-order valence-corrected chi connectivity index (χ3v) is 6.35. The summed E-state index contributed by atoms with van der Waals surface area (Å²) in [5.74, 6) is -1.30. The third-order valence-electron chi connectivity index (χ3n) is 4.28. The van der Waals surface area contributed by atoms with Crippen LogP contribution in [0.5, 0.6) is 0 Å². The quantitative estimate of drug-likeness (QED) is 0.472. The molecule has 3 rings (SSSR count). The maximum Gasteiger partial charge on any atom is 0.325 e. The van der Waals surface area contributed by atoms with Crippen molar-refractivity contribution in [3.05, 3.63) is 50.9 Å². The molecule has 0 saturated heterocycles. The molecule has 2 heterocycles. The van der Waals surface area contributed by atoms with Crippen molar-refractivity contribution in [1.29, 1.82) is 0 Å². The van der Waals surface area contributed by atoms with Gasteiger partial charge < -0.3 is 5.32 Å². The highest BCUT2D eigenvalue weighted by molar-refractivity contribution is 7.99. The van der Waals surface area contributed by atoms with E-state index in [9.17, 15) is 18.8 Å². The van der Waals surface area contributed by atoms with E-state index in [0.717, 1.165) is 22.2 Å². The topological polar surface area (TPSA) is 93.1 Å². The van der Waals surface area contributed by atoms with E-state index in [1.165, 1.54) is 34.1 Å². The summed E-state index contributed by atoms with van der Waals surface area (Å²) in [6.45, 7) is 6.07. The zero-order valence-electron chi connectivity index (χ0n) is 16.0. The van der Waals surface area contributed by atoms with E-state index >= 15 is 0 Å². The molecule has 2 N–H and O–H groups in total. The number of carbonyl (C=O) groups excluding carboxylic acids is 2. The molecular formula is C19H19FN4O3S2. The lowest BCUT2D eigenvalue weighted by atomic mass is 10.2. The Morgan fingerprint density at radius 3 is 2.69 bits per heavy atom. The van der Waals surface area contributed by atoms with Crippen LogP contribution in [-0.2, 0) is 11.3 Å². The number of nitrogens with zero attached hydrogens (tertiary/aromatic N) is 2. The van der Waals surface area contributed by atoms with Gasteiger partial charge in [0.05, 0.1) is 16.8 Å². The first-order chi connectivity index (χ1) is 13.8. The van der Waals surface area contributed by atoms with E-state index < -0.39 is 17.8 Å². The van der Waals surface area contributed by atoms with Crippen LogP contribution < -0.4 is 16.2 Å². The highest BCUT2D eigenvalue weighted by atomic mass is 32.2. The van der Waals surface area contributed by atoms with Crippen molar-refractivity contribution in [2.75, 3.05) is 11.1 Å². The van der Waals surface area contributed by atoms with Crippen LogP contribution in [0.2, 0.25) is 0 Å². The van der Waals surface area contributed by atoms with Gasteiger partial charge in [0, 0.05) is 11.4 Å². The third kappa shape index (κ3) is 4.48.